The molecule has 0 fully saturated rings. The van der Waals surface area contributed by atoms with Crippen LogP contribution in [0, 0.1) is 19.7 Å². The van der Waals surface area contributed by atoms with Gasteiger partial charge < -0.3 is 15.0 Å². The van der Waals surface area contributed by atoms with Crippen molar-refractivity contribution in [2.45, 2.75) is 13.8 Å². The predicted octanol–water partition coefficient (Wildman–Crippen LogP) is 2.70. The number of rotatable bonds is 6. The number of esters is 1. The molecule has 2 aromatic rings. The molecule has 2 amide bonds. The average molecular weight is 372 g/mol. The molecule has 1 N–H and O–H groups in total. The van der Waals surface area contributed by atoms with Crippen LogP contribution in [0.15, 0.2) is 42.5 Å². The summed E-state index contributed by atoms with van der Waals surface area (Å²) in [5.41, 5.74) is 2.11. The van der Waals surface area contributed by atoms with Gasteiger partial charge in [-0.1, -0.05) is 23.8 Å². The molecule has 0 aliphatic rings. The number of benzene rings is 2. The van der Waals surface area contributed by atoms with E-state index in [0.29, 0.717) is 11.3 Å². The Morgan fingerprint density at radius 3 is 2.37 bits per heavy atom. The molecule has 7 heteroatoms. The van der Waals surface area contributed by atoms with Gasteiger partial charge in [-0.2, -0.15) is 0 Å². The Hall–Kier alpha value is -3.22. The van der Waals surface area contributed by atoms with E-state index in [1.165, 1.54) is 19.2 Å². The van der Waals surface area contributed by atoms with Gasteiger partial charge in [-0.05, 0) is 43.7 Å². The molecule has 0 aromatic heterocycles. The summed E-state index contributed by atoms with van der Waals surface area (Å²) in [7, 11) is 1.43. The van der Waals surface area contributed by atoms with E-state index in [4.69, 9.17) is 4.74 Å². The number of likely N-dealkylation sites (N-methyl/N-ethyl adjacent to an activating group) is 1. The van der Waals surface area contributed by atoms with Gasteiger partial charge in [0.25, 0.3) is 5.91 Å². The van der Waals surface area contributed by atoms with Crippen molar-refractivity contribution in [3.63, 3.8) is 0 Å². The number of carbonyl (C=O) groups is 3. The minimum Gasteiger partial charge on any atom is -0.452 e. The summed E-state index contributed by atoms with van der Waals surface area (Å²) in [4.78, 5) is 37.0. The van der Waals surface area contributed by atoms with Crippen LogP contribution in [0.1, 0.15) is 21.5 Å². The second-order valence-corrected chi connectivity index (χ2v) is 6.20. The summed E-state index contributed by atoms with van der Waals surface area (Å²) < 4.78 is 18.4. The highest BCUT2D eigenvalue weighted by Gasteiger charge is 2.16. The standard InChI is InChI=1S/C20H21FN2O4/c1-13-4-8-16(9-5-13)22-18(24)11-23(3)19(25)12-27-20(26)15-7-6-14(2)17(21)10-15/h4-10H,11-12H2,1-3H3,(H,22,24). The average Bonchev–Trinajstić information content (AvgIpc) is 2.63. The predicted molar refractivity (Wildman–Crippen MR) is 98.9 cm³/mol. The Kier molecular flexibility index (Phi) is 6.65. The van der Waals surface area contributed by atoms with Gasteiger partial charge in [-0.25, -0.2) is 9.18 Å². The molecule has 27 heavy (non-hydrogen) atoms. The molecule has 6 nitrogen and oxygen atoms in total. The summed E-state index contributed by atoms with van der Waals surface area (Å²) in [5, 5.41) is 2.67. The Morgan fingerprint density at radius 2 is 1.74 bits per heavy atom. The van der Waals surface area contributed by atoms with Gasteiger partial charge in [-0.3, -0.25) is 9.59 Å². The molecule has 0 heterocycles. The molecule has 2 aromatic carbocycles. The third-order valence-electron chi connectivity index (χ3n) is 3.88. The van der Waals surface area contributed by atoms with Crippen LogP contribution in [0.3, 0.4) is 0 Å². The third kappa shape index (κ3) is 5.91. The number of nitrogens with zero attached hydrogens (tertiary/aromatic N) is 1. The fraction of sp³-hybridized carbons (Fsp3) is 0.250. The third-order valence-corrected chi connectivity index (χ3v) is 3.88. The van der Waals surface area contributed by atoms with Gasteiger partial charge in [0.15, 0.2) is 6.61 Å². The highest BCUT2D eigenvalue weighted by atomic mass is 19.1. The summed E-state index contributed by atoms with van der Waals surface area (Å²) >= 11 is 0. The van der Waals surface area contributed by atoms with Crippen LogP contribution in [0.25, 0.3) is 0 Å². The van der Waals surface area contributed by atoms with Gasteiger partial charge in [0, 0.05) is 12.7 Å². The molecule has 0 saturated heterocycles. The van der Waals surface area contributed by atoms with Crippen LogP contribution in [-0.2, 0) is 14.3 Å². The summed E-state index contributed by atoms with van der Waals surface area (Å²) in [6.45, 7) is 2.78. The lowest BCUT2D eigenvalue weighted by Crippen LogP contribution is -2.37. The van der Waals surface area contributed by atoms with Crippen LogP contribution in [-0.4, -0.2) is 42.9 Å². The molecule has 2 rings (SSSR count). The van der Waals surface area contributed by atoms with Crippen molar-refractivity contribution in [1.29, 1.82) is 0 Å². The quantitative estimate of drug-likeness (QED) is 0.791. The highest BCUT2D eigenvalue weighted by molar-refractivity contribution is 5.95. The van der Waals surface area contributed by atoms with E-state index in [2.05, 4.69) is 5.32 Å². The Bertz CT molecular complexity index is 850. The second-order valence-electron chi connectivity index (χ2n) is 6.20. The van der Waals surface area contributed by atoms with Crippen molar-refractivity contribution in [3.05, 3.63) is 65.0 Å². The molecule has 0 aliphatic carbocycles. The maximum atomic E-state index is 13.5. The van der Waals surface area contributed by atoms with E-state index in [9.17, 15) is 18.8 Å². The van der Waals surface area contributed by atoms with Gasteiger partial charge in [-0.15, -0.1) is 0 Å². The van der Waals surface area contributed by atoms with Crippen LogP contribution < -0.4 is 5.32 Å². The molecular formula is C20H21FN2O4. The Balaban J connectivity index is 1.82. The molecule has 0 aliphatic heterocycles. The van der Waals surface area contributed by atoms with Crippen LogP contribution in [0.2, 0.25) is 0 Å². The number of ether oxygens (including phenoxy) is 1. The highest BCUT2D eigenvalue weighted by Crippen LogP contribution is 2.11. The maximum Gasteiger partial charge on any atom is 0.338 e. The largest absolute Gasteiger partial charge is 0.452 e. The number of nitrogens with one attached hydrogen (secondary N) is 1. The number of hydrogen-bond donors (Lipinski definition) is 1. The number of hydrogen-bond acceptors (Lipinski definition) is 4. The molecule has 0 spiro atoms. The minimum atomic E-state index is -0.806. The number of aryl methyl sites for hydroxylation is 2. The van der Waals surface area contributed by atoms with E-state index < -0.39 is 24.3 Å². The molecule has 142 valence electrons. The number of halogens is 1. The summed E-state index contributed by atoms with van der Waals surface area (Å²) in [6.07, 6.45) is 0. The first-order valence-electron chi connectivity index (χ1n) is 8.30. The number of carbonyl (C=O) groups excluding carboxylic acids is 3. The second kappa shape index (κ2) is 8.93. The van der Waals surface area contributed by atoms with Gasteiger partial charge in [0.05, 0.1) is 12.1 Å². The lowest BCUT2D eigenvalue weighted by molar-refractivity contribution is -0.136. The first-order valence-corrected chi connectivity index (χ1v) is 8.30. The topological polar surface area (TPSA) is 75.7 Å². The van der Waals surface area contributed by atoms with E-state index in [0.717, 1.165) is 16.5 Å². The maximum absolute atomic E-state index is 13.5. The Morgan fingerprint density at radius 1 is 1.07 bits per heavy atom. The van der Waals surface area contributed by atoms with Gasteiger partial charge in [0.2, 0.25) is 5.91 Å². The van der Waals surface area contributed by atoms with Crippen molar-refractivity contribution >= 4 is 23.5 Å². The zero-order valence-electron chi connectivity index (χ0n) is 15.4. The molecular weight excluding hydrogens is 351 g/mol. The molecule has 0 radical (unpaired) electrons. The van der Waals surface area contributed by atoms with Gasteiger partial charge >= 0.3 is 5.97 Å². The molecule has 0 atom stereocenters. The SMILES string of the molecule is Cc1ccc(NC(=O)CN(C)C(=O)COC(=O)c2ccc(C)c(F)c2)cc1. The van der Waals surface area contributed by atoms with E-state index in [1.807, 2.05) is 19.1 Å². The number of anilines is 1. The minimum absolute atomic E-state index is 0.0191. The Labute approximate surface area is 156 Å². The van der Waals surface area contributed by atoms with Crippen molar-refractivity contribution in [2.24, 2.45) is 0 Å². The molecule has 0 unspecified atom stereocenters. The fourth-order valence-electron chi connectivity index (χ4n) is 2.18. The monoisotopic (exact) mass is 372 g/mol. The molecule has 0 saturated carbocycles. The smallest absolute Gasteiger partial charge is 0.338 e. The molecule has 0 bridgehead atoms. The zero-order chi connectivity index (χ0) is 20.0. The van der Waals surface area contributed by atoms with Crippen molar-refractivity contribution < 1.29 is 23.5 Å². The van der Waals surface area contributed by atoms with Crippen molar-refractivity contribution in [1.82, 2.24) is 4.90 Å². The van der Waals surface area contributed by atoms with Crippen LogP contribution in [0.4, 0.5) is 10.1 Å². The lowest BCUT2D eigenvalue weighted by Gasteiger charge is -2.17. The zero-order valence-corrected chi connectivity index (χ0v) is 15.4. The lowest BCUT2D eigenvalue weighted by atomic mass is 10.1. The van der Waals surface area contributed by atoms with Gasteiger partial charge in [0.1, 0.15) is 5.82 Å². The summed E-state index contributed by atoms with van der Waals surface area (Å²) in [5.74, 6) is -2.25. The van der Waals surface area contributed by atoms with Crippen molar-refractivity contribution in [3.8, 4) is 0 Å². The van der Waals surface area contributed by atoms with E-state index >= 15 is 0 Å². The van der Waals surface area contributed by atoms with E-state index in [1.54, 1.807) is 19.1 Å². The van der Waals surface area contributed by atoms with Crippen LogP contribution in [0.5, 0.6) is 0 Å². The van der Waals surface area contributed by atoms with E-state index in [-0.39, 0.29) is 18.0 Å². The summed E-state index contributed by atoms with van der Waals surface area (Å²) in [6, 6.07) is 11.2. The van der Waals surface area contributed by atoms with Crippen LogP contribution >= 0.6 is 0 Å². The first kappa shape index (κ1) is 20.1. The normalized spacial score (nSPS) is 10.2. The first-order chi connectivity index (χ1) is 12.8. The van der Waals surface area contributed by atoms with Crippen molar-refractivity contribution in [2.75, 3.05) is 25.5 Å². The number of amides is 2. The fourth-order valence-corrected chi connectivity index (χ4v) is 2.18.